The van der Waals surface area contributed by atoms with E-state index in [4.69, 9.17) is 10.5 Å². The van der Waals surface area contributed by atoms with Crippen LogP contribution in [0.1, 0.15) is 18.9 Å². The Labute approximate surface area is 90.9 Å². The Kier molecular flexibility index (Phi) is 5.15. The summed E-state index contributed by atoms with van der Waals surface area (Å²) in [5.41, 5.74) is 6.55. The zero-order chi connectivity index (χ0) is 11.1. The van der Waals surface area contributed by atoms with Crippen molar-refractivity contribution in [3.8, 4) is 5.75 Å². The number of rotatable bonds is 6. The molecule has 3 nitrogen and oxygen atoms in total. The van der Waals surface area contributed by atoms with Gasteiger partial charge in [-0.1, -0.05) is 19.1 Å². The molecule has 0 spiro atoms. The topological polar surface area (TPSA) is 55.5 Å². The van der Waals surface area contributed by atoms with Crippen LogP contribution in [0.4, 0.5) is 0 Å². The smallest absolute Gasteiger partial charge is 0.119 e. The highest BCUT2D eigenvalue weighted by atomic mass is 16.5. The summed E-state index contributed by atoms with van der Waals surface area (Å²) in [4.78, 5) is 0. The number of ether oxygens (including phenoxy) is 1. The number of hydrogen-bond donors (Lipinski definition) is 2. The molecule has 1 aromatic rings. The fraction of sp³-hybridized carbons (Fsp3) is 0.500. The first-order chi connectivity index (χ1) is 7.26. The number of hydrogen-bond acceptors (Lipinski definition) is 3. The summed E-state index contributed by atoms with van der Waals surface area (Å²) in [7, 11) is 0. The van der Waals surface area contributed by atoms with Crippen LogP contribution in [0.5, 0.6) is 5.75 Å². The number of aliphatic hydroxyl groups is 1. The largest absolute Gasteiger partial charge is 0.493 e. The summed E-state index contributed by atoms with van der Waals surface area (Å²) in [6.45, 7) is 2.90. The predicted molar refractivity (Wildman–Crippen MR) is 61.0 cm³/mol. The minimum Gasteiger partial charge on any atom is -0.493 e. The second kappa shape index (κ2) is 6.43. The van der Waals surface area contributed by atoms with Crippen LogP contribution in [-0.2, 0) is 6.42 Å². The van der Waals surface area contributed by atoms with Crippen LogP contribution in [0, 0.1) is 0 Å². The van der Waals surface area contributed by atoms with Crippen molar-refractivity contribution >= 4 is 0 Å². The van der Waals surface area contributed by atoms with Gasteiger partial charge in [-0.15, -0.1) is 0 Å². The first kappa shape index (κ1) is 12.0. The highest BCUT2D eigenvalue weighted by Crippen LogP contribution is 2.13. The maximum absolute atomic E-state index is 9.23. The molecule has 15 heavy (non-hydrogen) atoms. The summed E-state index contributed by atoms with van der Waals surface area (Å²) >= 11 is 0. The van der Waals surface area contributed by atoms with Crippen LogP contribution in [-0.4, -0.2) is 24.4 Å². The molecule has 0 aliphatic rings. The maximum Gasteiger partial charge on any atom is 0.119 e. The Morgan fingerprint density at radius 3 is 2.93 bits per heavy atom. The second-order valence-electron chi connectivity index (χ2n) is 3.53. The predicted octanol–water partition coefficient (Wildman–Crippen LogP) is 1.34. The van der Waals surface area contributed by atoms with Crippen LogP contribution in [0.2, 0.25) is 0 Å². The molecule has 0 aromatic heterocycles. The van der Waals surface area contributed by atoms with Gasteiger partial charge in [-0.2, -0.15) is 0 Å². The molecule has 0 heterocycles. The third-order valence-corrected chi connectivity index (χ3v) is 2.30. The summed E-state index contributed by atoms with van der Waals surface area (Å²) < 4.78 is 5.51. The molecule has 0 radical (unpaired) electrons. The minimum absolute atomic E-state index is 0.290. The van der Waals surface area contributed by atoms with Gasteiger partial charge in [0.05, 0.1) is 12.7 Å². The average Bonchev–Trinajstić information content (AvgIpc) is 2.29. The van der Waals surface area contributed by atoms with Gasteiger partial charge in [0, 0.05) is 13.0 Å². The Hall–Kier alpha value is -1.06. The van der Waals surface area contributed by atoms with Crippen molar-refractivity contribution in [2.45, 2.75) is 25.9 Å². The fourth-order valence-electron chi connectivity index (χ4n) is 1.29. The third-order valence-electron chi connectivity index (χ3n) is 2.30. The van der Waals surface area contributed by atoms with Crippen molar-refractivity contribution in [1.29, 1.82) is 0 Å². The first-order valence-electron chi connectivity index (χ1n) is 5.36. The molecular weight excluding hydrogens is 190 g/mol. The van der Waals surface area contributed by atoms with Crippen molar-refractivity contribution in [2.75, 3.05) is 13.2 Å². The standard InChI is InChI=1S/C12H19NO2/c1-2-10-4-3-5-12(8-10)15-7-6-11(14)9-13/h3-5,8,11,14H,2,6-7,9,13H2,1H3. The molecule has 0 bridgehead atoms. The van der Waals surface area contributed by atoms with Gasteiger partial charge in [-0.05, 0) is 24.1 Å². The van der Waals surface area contributed by atoms with E-state index in [1.807, 2.05) is 18.2 Å². The Balaban J connectivity index is 2.37. The Morgan fingerprint density at radius 1 is 1.47 bits per heavy atom. The van der Waals surface area contributed by atoms with Crippen LogP contribution >= 0.6 is 0 Å². The van der Waals surface area contributed by atoms with E-state index in [1.54, 1.807) is 0 Å². The van der Waals surface area contributed by atoms with E-state index in [9.17, 15) is 5.11 Å². The Bertz CT molecular complexity index is 289. The minimum atomic E-state index is -0.459. The molecule has 3 N–H and O–H groups in total. The van der Waals surface area contributed by atoms with E-state index in [1.165, 1.54) is 5.56 Å². The molecule has 3 heteroatoms. The number of benzene rings is 1. The zero-order valence-electron chi connectivity index (χ0n) is 9.15. The van der Waals surface area contributed by atoms with Crippen LogP contribution in [0.15, 0.2) is 24.3 Å². The molecule has 0 saturated carbocycles. The lowest BCUT2D eigenvalue weighted by molar-refractivity contribution is 0.146. The summed E-state index contributed by atoms with van der Waals surface area (Å²) in [5.74, 6) is 0.860. The van der Waals surface area contributed by atoms with Gasteiger partial charge in [-0.25, -0.2) is 0 Å². The van der Waals surface area contributed by atoms with E-state index in [0.29, 0.717) is 19.6 Å². The third kappa shape index (κ3) is 4.32. The van der Waals surface area contributed by atoms with Gasteiger partial charge in [0.2, 0.25) is 0 Å². The Morgan fingerprint density at radius 2 is 2.27 bits per heavy atom. The highest BCUT2D eigenvalue weighted by molar-refractivity contribution is 5.28. The van der Waals surface area contributed by atoms with Crippen LogP contribution in [0.25, 0.3) is 0 Å². The van der Waals surface area contributed by atoms with Crippen LogP contribution < -0.4 is 10.5 Å². The van der Waals surface area contributed by atoms with Gasteiger partial charge in [0.1, 0.15) is 5.75 Å². The quantitative estimate of drug-likeness (QED) is 0.743. The maximum atomic E-state index is 9.23. The molecule has 0 aliphatic heterocycles. The van der Waals surface area contributed by atoms with Crippen molar-refractivity contribution in [2.24, 2.45) is 5.73 Å². The molecule has 0 saturated heterocycles. The molecule has 1 aromatic carbocycles. The van der Waals surface area contributed by atoms with Gasteiger partial charge >= 0.3 is 0 Å². The normalized spacial score (nSPS) is 12.5. The lowest BCUT2D eigenvalue weighted by atomic mass is 10.2. The van der Waals surface area contributed by atoms with E-state index in [2.05, 4.69) is 13.0 Å². The van der Waals surface area contributed by atoms with Gasteiger partial charge < -0.3 is 15.6 Å². The lowest BCUT2D eigenvalue weighted by Crippen LogP contribution is -2.21. The van der Waals surface area contributed by atoms with Crippen molar-refractivity contribution in [3.63, 3.8) is 0 Å². The average molecular weight is 209 g/mol. The lowest BCUT2D eigenvalue weighted by Gasteiger charge is -2.10. The van der Waals surface area contributed by atoms with Crippen molar-refractivity contribution in [1.82, 2.24) is 0 Å². The van der Waals surface area contributed by atoms with E-state index >= 15 is 0 Å². The summed E-state index contributed by atoms with van der Waals surface area (Å²) in [6.07, 6.45) is 1.12. The molecule has 0 aliphatic carbocycles. The van der Waals surface area contributed by atoms with Crippen molar-refractivity contribution < 1.29 is 9.84 Å². The van der Waals surface area contributed by atoms with Crippen LogP contribution in [0.3, 0.4) is 0 Å². The molecule has 84 valence electrons. The summed E-state index contributed by atoms with van der Waals surface area (Å²) in [6, 6.07) is 8.00. The fourth-order valence-corrected chi connectivity index (χ4v) is 1.29. The first-order valence-corrected chi connectivity index (χ1v) is 5.36. The SMILES string of the molecule is CCc1cccc(OCCC(O)CN)c1. The molecular formula is C12H19NO2. The monoisotopic (exact) mass is 209 g/mol. The van der Waals surface area contributed by atoms with E-state index in [0.717, 1.165) is 12.2 Å². The van der Waals surface area contributed by atoms with Gasteiger partial charge in [-0.3, -0.25) is 0 Å². The van der Waals surface area contributed by atoms with Gasteiger partial charge in [0.15, 0.2) is 0 Å². The summed E-state index contributed by atoms with van der Waals surface area (Å²) in [5, 5.41) is 9.23. The molecule has 1 atom stereocenters. The van der Waals surface area contributed by atoms with E-state index in [-0.39, 0.29) is 0 Å². The second-order valence-corrected chi connectivity index (χ2v) is 3.53. The highest BCUT2D eigenvalue weighted by Gasteiger charge is 2.01. The molecule has 1 rings (SSSR count). The zero-order valence-corrected chi connectivity index (χ0v) is 9.15. The van der Waals surface area contributed by atoms with Crippen molar-refractivity contribution in [3.05, 3.63) is 29.8 Å². The molecule has 0 fully saturated rings. The number of aliphatic hydroxyl groups excluding tert-OH is 1. The number of nitrogens with two attached hydrogens (primary N) is 1. The molecule has 1 unspecified atom stereocenters. The molecule has 0 amide bonds. The van der Waals surface area contributed by atoms with E-state index < -0.39 is 6.10 Å². The van der Waals surface area contributed by atoms with Gasteiger partial charge in [0.25, 0.3) is 0 Å². The number of aryl methyl sites for hydroxylation is 1.